The summed E-state index contributed by atoms with van der Waals surface area (Å²) in [6, 6.07) is 5.43. The van der Waals surface area contributed by atoms with Gasteiger partial charge in [-0.1, -0.05) is 12.1 Å². The number of rotatable bonds is 5. The lowest BCUT2D eigenvalue weighted by Crippen LogP contribution is -2.38. The summed E-state index contributed by atoms with van der Waals surface area (Å²) in [5.41, 5.74) is -0.402. The molecule has 0 bridgehead atoms. The van der Waals surface area contributed by atoms with Crippen LogP contribution in [0.5, 0.6) is 0 Å². The lowest BCUT2D eigenvalue weighted by molar-refractivity contribution is -0.387. The zero-order valence-electron chi connectivity index (χ0n) is 13.9. The molecule has 0 unspecified atom stereocenters. The van der Waals surface area contributed by atoms with Crippen molar-refractivity contribution in [2.24, 2.45) is 0 Å². The van der Waals surface area contributed by atoms with Crippen molar-refractivity contribution in [2.45, 2.75) is 42.4 Å². The fraction of sp³-hybridized carbons (Fsp3) is 0.500. The Labute approximate surface area is 150 Å². The molecule has 2 aliphatic rings. The van der Waals surface area contributed by atoms with Crippen LogP contribution < -0.4 is 0 Å². The van der Waals surface area contributed by atoms with Gasteiger partial charge in [-0.3, -0.25) is 10.1 Å². The Hall–Kier alpha value is -2.33. The van der Waals surface area contributed by atoms with Crippen LogP contribution in [0.25, 0.3) is 0 Å². The summed E-state index contributed by atoms with van der Waals surface area (Å²) in [5.74, 6) is 1.65. The van der Waals surface area contributed by atoms with E-state index in [1.54, 1.807) is 0 Å². The van der Waals surface area contributed by atoms with E-state index in [2.05, 4.69) is 10.2 Å². The highest BCUT2D eigenvalue weighted by Gasteiger charge is 2.36. The summed E-state index contributed by atoms with van der Waals surface area (Å²) in [6.45, 7) is 0.528. The molecule has 4 rings (SSSR count). The summed E-state index contributed by atoms with van der Waals surface area (Å²) in [5, 5.41) is 19.3. The summed E-state index contributed by atoms with van der Waals surface area (Å²) in [4.78, 5) is 10.2. The van der Waals surface area contributed by atoms with Gasteiger partial charge in [0, 0.05) is 31.0 Å². The molecule has 10 heteroatoms. The second-order valence-electron chi connectivity index (χ2n) is 6.66. The van der Waals surface area contributed by atoms with Crippen LogP contribution in [-0.2, 0) is 10.0 Å². The molecule has 2 heterocycles. The molecular formula is C16H18N4O5S. The van der Waals surface area contributed by atoms with E-state index in [9.17, 15) is 18.5 Å². The van der Waals surface area contributed by atoms with E-state index in [0.29, 0.717) is 30.5 Å². The maximum Gasteiger partial charge on any atom is 0.289 e. The second kappa shape index (κ2) is 6.44. The third-order valence-electron chi connectivity index (χ3n) is 4.87. The Morgan fingerprint density at radius 1 is 1.04 bits per heavy atom. The van der Waals surface area contributed by atoms with Crippen LogP contribution in [0.15, 0.2) is 33.6 Å². The van der Waals surface area contributed by atoms with Crippen molar-refractivity contribution in [1.82, 2.24) is 14.5 Å². The number of benzene rings is 1. The van der Waals surface area contributed by atoms with E-state index >= 15 is 0 Å². The van der Waals surface area contributed by atoms with Gasteiger partial charge in [-0.15, -0.1) is 10.2 Å². The number of hydrogen-bond donors (Lipinski definition) is 0. The third-order valence-corrected chi connectivity index (χ3v) is 6.81. The van der Waals surface area contributed by atoms with Gasteiger partial charge in [-0.2, -0.15) is 4.31 Å². The predicted octanol–water partition coefficient (Wildman–Crippen LogP) is 2.42. The summed E-state index contributed by atoms with van der Waals surface area (Å²) in [6.07, 6.45) is 3.25. The van der Waals surface area contributed by atoms with Crippen molar-refractivity contribution < 1.29 is 17.8 Å². The number of para-hydroxylation sites is 1. The number of nitro benzene ring substituents is 1. The first kappa shape index (κ1) is 17.1. The van der Waals surface area contributed by atoms with Gasteiger partial charge in [-0.05, 0) is 31.7 Å². The molecule has 1 saturated carbocycles. The zero-order valence-corrected chi connectivity index (χ0v) is 14.8. The zero-order chi connectivity index (χ0) is 18.3. The Morgan fingerprint density at radius 3 is 2.19 bits per heavy atom. The van der Waals surface area contributed by atoms with Gasteiger partial charge in [0.2, 0.25) is 21.8 Å². The van der Waals surface area contributed by atoms with Gasteiger partial charge >= 0.3 is 0 Å². The summed E-state index contributed by atoms with van der Waals surface area (Å²) < 4.78 is 32.7. The first-order valence-electron chi connectivity index (χ1n) is 8.53. The monoisotopic (exact) mass is 378 g/mol. The van der Waals surface area contributed by atoms with Gasteiger partial charge in [0.05, 0.1) is 4.92 Å². The number of nitro groups is 1. The molecule has 0 spiro atoms. The minimum absolute atomic E-state index is 0.0206. The van der Waals surface area contributed by atoms with Crippen LogP contribution in [0, 0.1) is 10.1 Å². The molecule has 2 aromatic rings. The van der Waals surface area contributed by atoms with Gasteiger partial charge in [0.15, 0.2) is 4.90 Å². The van der Waals surface area contributed by atoms with Gasteiger partial charge in [0.1, 0.15) is 0 Å². The molecular weight excluding hydrogens is 360 g/mol. The van der Waals surface area contributed by atoms with Crippen molar-refractivity contribution >= 4 is 15.7 Å². The van der Waals surface area contributed by atoms with Crippen molar-refractivity contribution in [1.29, 1.82) is 0 Å². The summed E-state index contributed by atoms with van der Waals surface area (Å²) in [7, 11) is -3.92. The van der Waals surface area contributed by atoms with E-state index in [0.717, 1.165) is 12.8 Å². The first-order chi connectivity index (χ1) is 12.5. The topological polar surface area (TPSA) is 119 Å². The number of nitrogens with zero attached hydrogens (tertiary/aromatic N) is 4. The average Bonchev–Trinajstić information content (AvgIpc) is 3.39. The Balaban J connectivity index is 1.49. The Bertz CT molecular complexity index is 930. The predicted molar refractivity (Wildman–Crippen MR) is 90.1 cm³/mol. The fourth-order valence-electron chi connectivity index (χ4n) is 3.22. The van der Waals surface area contributed by atoms with E-state index < -0.39 is 20.6 Å². The number of piperidine rings is 1. The highest BCUT2D eigenvalue weighted by Crippen LogP contribution is 2.40. The summed E-state index contributed by atoms with van der Waals surface area (Å²) >= 11 is 0. The maximum absolute atomic E-state index is 12.8. The minimum Gasteiger partial charge on any atom is -0.425 e. The molecule has 1 aliphatic heterocycles. The van der Waals surface area contributed by atoms with Crippen molar-refractivity contribution in [3.05, 3.63) is 46.2 Å². The molecule has 1 aromatic heterocycles. The molecule has 138 valence electrons. The van der Waals surface area contributed by atoms with Crippen LogP contribution >= 0.6 is 0 Å². The molecule has 2 fully saturated rings. The first-order valence-corrected chi connectivity index (χ1v) is 9.97. The van der Waals surface area contributed by atoms with Crippen molar-refractivity contribution in [3.8, 4) is 0 Å². The highest BCUT2D eigenvalue weighted by atomic mass is 32.2. The molecule has 1 saturated heterocycles. The van der Waals surface area contributed by atoms with Crippen molar-refractivity contribution in [2.75, 3.05) is 13.1 Å². The molecule has 0 radical (unpaired) electrons. The molecule has 0 amide bonds. The third kappa shape index (κ3) is 3.10. The lowest BCUT2D eigenvalue weighted by Gasteiger charge is -2.29. The van der Waals surface area contributed by atoms with Crippen LogP contribution in [0.3, 0.4) is 0 Å². The standard InChI is InChI=1S/C16H18N4O5S/c21-20(22)13-3-1-2-4-14(13)26(23,24)19-9-7-12(8-10-19)16-18-17-15(25-16)11-5-6-11/h1-4,11-12H,5-10H2. The number of aromatic nitrogens is 2. The van der Waals surface area contributed by atoms with Gasteiger partial charge in [0.25, 0.3) is 5.69 Å². The Morgan fingerprint density at radius 2 is 1.62 bits per heavy atom. The van der Waals surface area contributed by atoms with Gasteiger partial charge in [-0.25, -0.2) is 8.42 Å². The van der Waals surface area contributed by atoms with Crippen LogP contribution in [0.1, 0.15) is 49.3 Å². The van der Waals surface area contributed by atoms with E-state index in [-0.39, 0.29) is 23.9 Å². The maximum atomic E-state index is 12.8. The van der Waals surface area contributed by atoms with E-state index in [1.807, 2.05) is 0 Å². The van der Waals surface area contributed by atoms with Gasteiger partial charge < -0.3 is 4.42 Å². The van der Waals surface area contributed by atoms with E-state index in [4.69, 9.17) is 4.42 Å². The van der Waals surface area contributed by atoms with Crippen LogP contribution in [-0.4, -0.2) is 40.9 Å². The molecule has 1 aromatic carbocycles. The highest BCUT2D eigenvalue weighted by molar-refractivity contribution is 7.89. The second-order valence-corrected chi connectivity index (χ2v) is 8.56. The smallest absolute Gasteiger partial charge is 0.289 e. The molecule has 0 atom stereocenters. The molecule has 1 aliphatic carbocycles. The molecule has 9 nitrogen and oxygen atoms in total. The Kier molecular flexibility index (Phi) is 4.23. The SMILES string of the molecule is O=[N+]([O-])c1ccccc1S(=O)(=O)N1CCC(c2nnc(C3CC3)o2)CC1. The van der Waals surface area contributed by atoms with Crippen molar-refractivity contribution in [3.63, 3.8) is 0 Å². The lowest BCUT2D eigenvalue weighted by atomic mass is 9.98. The molecule has 26 heavy (non-hydrogen) atoms. The number of hydrogen-bond acceptors (Lipinski definition) is 7. The quantitative estimate of drug-likeness (QED) is 0.579. The fourth-order valence-corrected chi connectivity index (χ4v) is 4.84. The number of sulfonamides is 1. The van der Waals surface area contributed by atoms with Crippen LogP contribution in [0.4, 0.5) is 5.69 Å². The van der Waals surface area contributed by atoms with E-state index in [1.165, 1.54) is 28.6 Å². The largest absolute Gasteiger partial charge is 0.425 e. The molecule has 0 N–H and O–H groups in total. The minimum atomic E-state index is -3.92. The average molecular weight is 378 g/mol. The van der Waals surface area contributed by atoms with Crippen LogP contribution in [0.2, 0.25) is 0 Å². The normalized spacial score (nSPS) is 19.5.